The predicted octanol–water partition coefficient (Wildman–Crippen LogP) is 2.29. The van der Waals surface area contributed by atoms with E-state index < -0.39 is 21.1 Å². The Kier molecular flexibility index (Phi) is 4.73. The molecule has 0 aliphatic rings. The number of nitrogens with two attached hydrogens (primary N) is 1. The number of benzene rings is 2. The molecule has 0 aliphatic carbocycles. The van der Waals surface area contributed by atoms with Gasteiger partial charge in [0.25, 0.3) is 0 Å². The molecular formula is C17H17N3O3S. The lowest BCUT2D eigenvalue weighted by Crippen LogP contribution is -2.13. The molecule has 124 valence electrons. The van der Waals surface area contributed by atoms with Crippen molar-refractivity contribution in [3.8, 4) is 0 Å². The minimum atomic E-state index is -3.69. The maximum absolute atomic E-state index is 12.4. The zero-order valence-corrected chi connectivity index (χ0v) is 13.7. The summed E-state index contributed by atoms with van der Waals surface area (Å²) in [6.07, 6.45) is 0.487. The number of nitrogens with zero attached hydrogens (tertiary/aromatic N) is 2. The Morgan fingerprint density at radius 3 is 2.12 bits per heavy atom. The number of aromatic nitrogens is 2. The SMILES string of the molecule is NC(Cc1ccccc1)c1nnc(S(=O)(=O)Cc2ccccc2)o1. The van der Waals surface area contributed by atoms with E-state index in [2.05, 4.69) is 10.2 Å². The van der Waals surface area contributed by atoms with Crippen molar-refractivity contribution in [2.24, 2.45) is 5.73 Å². The van der Waals surface area contributed by atoms with E-state index in [4.69, 9.17) is 10.2 Å². The standard InChI is InChI=1S/C17H17N3O3S/c18-15(11-13-7-3-1-4-8-13)16-19-20-17(23-16)24(21,22)12-14-9-5-2-6-10-14/h1-10,15H,11-12,18H2. The van der Waals surface area contributed by atoms with Gasteiger partial charge >= 0.3 is 5.22 Å². The van der Waals surface area contributed by atoms with Crippen LogP contribution in [0.2, 0.25) is 0 Å². The van der Waals surface area contributed by atoms with E-state index in [0.717, 1.165) is 5.56 Å². The van der Waals surface area contributed by atoms with E-state index in [1.54, 1.807) is 24.3 Å². The van der Waals surface area contributed by atoms with Gasteiger partial charge in [-0.05, 0) is 17.5 Å². The van der Waals surface area contributed by atoms with Crippen molar-refractivity contribution < 1.29 is 12.8 Å². The van der Waals surface area contributed by atoms with Crippen LogP contribution < -0.4 is 5.73 Å². The molecule has 1 unspecified atom stereocenters. The highest BCUT2D eigenvalue weighted by Gasteiger charge is 2.25. The molecule has 1 aromatic heterocycles. The van der Waals surface area contributed by atoms with Crippen molar-refractivity contribution in [2.75, 3.05) is 0 Å². The topological polar surface area (TPSA) is 99.1 Å². The van der Waals surface area contributed by atoms with Gasteiger partial charge in [0, 0.05) is 0 Å². The average Bonchev–Trinajstić information content (AvgIpc) is 3.07. The first kappa shape index (κ1) is 16.4. The smallest absolute Gasteiger partial charge is 0.335 e. The van der Waals surface area contributed by atoms with Gasteiger partial charge in [0.2, 0.25) is 15.7 Å². The van der Waals surface area contributed by atoms with E-state index in [1.807, 2.05) is 36.4 Å². The lowest BCUT2D eigenvalue weighted by molar-refractivity contribution is 0.372. The lowest BCUT2D eigenvalue weighted by atomic mass is 10.1. The molecule has 0 spiro atoms. The molecule has 0 bridgehead atoms. The minimum Gasteiger partial charge on any atom is -0.411 e. The van der Waals surface area contributed by atoms with Crippen LogP contribution in [0.4, 0.5) is 0 Å². The number of sulfone groups is 1. The lowest BCUT2D eigenvalue weighted by Gasteiger charge is -2.06. The first-order chi connectivity index (χ1) is 11.5. The first-order valence-corrected chi connectivity index (χ1v) is 9.09. The highest BCUT2D eigenvalue weighted by atomic mass is 32.2. The zero-order chi connectivity index (χ0) is 17.0. The Morgan fingerprint density at radius 2 is 1.50 bits per heavy atom. The summed E-state index contributed by atoms with van der Waals surface area (Å²) in [6, 6.07) is 17.9. The quantitative estimate of drug-likeness (QED) is 0.737. The van der Waals surface area contributed by atoms with Gasteiger partial charge in [-0.1, -0.05) is 65.8 Å². The van der Waals surface area contributed by atoms with Gasteiger partial charge in [0.05, 0.1) is 11.8 Å². The Labute approximate surface area is 140 Å². The monoisotopic (exact) mass is 343 g/mol. The molecule has 1 heterocycles. The summed E-state index contributed by atoms with van der Waals surface area (Å²) < 4.78 is 30.0. The molecular weight excluding hydrogens is 326 g/mol. The van der Waals surface area contributed by atoms with Gasteiger partial charge in [0.1, 0.15) is 0 Å². The van der Waals surface area contributed by atoms with Crippen molar-refractivity contribution >= 4 is 9.84 Å². The van der Waals surface area contributed by atoms with Gasteiger partial charge in [0.15, 0.2) is 0 Å². The van der Waals surface area contributed by atoms with Gasteiger partial charge in [-0.25, -0.2) is 8.42 Å². The Balaban J connectivity index is 1.75. The molecule has 2 N–H and O–H groups in total. The largest absolute Gasteiger partial charge is 0.411 e. The van der Waals surface area contributed by atoms with E-state index in [9.17, 15) is 8.42 Å². The van der Waals surface area contributed by atoms with Crippen molar-refractivity contribution in [2.45, 2.75) is 23.4 Å². The summed E-state index contributed by atoms with van der Waals surface area (Å²) in [5, 5.41) is 7.06. The molecule has 1 atom stereocenters. The minimum absolute atomic E-state index is 0.116. The summed E-state index contributed by atoms with van der Waals surface area (Å²) in [5.74, 6) is -0.0749. The fourth-order valence-electron chi connectivity index (χ4n) is 2.31. The summed E-state index contributed by atoms with van der Waals surface area (Å²) in [4.78, 5) is 0. The summed E-state index contributed by atoms with van der Waals surface area (Å²) in [6.45, 7) is 0. The molecule has 0 fully saturated rings. The van der Waals surface area contributed by atoms with Gasteiger partial charge in [-0.3, -0.25) is 0 Å². The van der Waals surface area contributed by atoms with Crippen LogP contribution in [0.1, 0.15) is 23.1 Å². The number of rotatable bonds is 6. The van der Waals surface area contributed by atoms with Crippen molar-refractivity contribution in [1.82, 2.24) is 10.2 Å². The van der Waals surface area contributed by atoms with E-state index in [0.29, 0.717) is 12.0 Å². The van der Waals surface area contributed by atoms with Crippen molar-refractivity contribution in [1.29, 1.82) is 0 Å². The van der Waals surface area contributed by atoms with Crippen LogP contribution in [-0.2, 0) is 22.0 Å². The Morgan fingerprint density at radius 1 is 0.917 bits per heavy atom. The third-order valence-electron chi connectivity index (χ3n) is 3.50. The molecule has 24 heavy (non-hydrogen) atoms. The summed E-state index contributed by atoms with van der Waals surface area (Å²) in [5.41, 5.74) is 7.71. The van der Waals surface area contributed by atoms with Crippen LogP contribution in [0.15, 0.2) is 70.3 Å². The van der Waals surface area contributed by atoms with Gasteiger partial charge in [-0.15, -0.1) is 5.10 Å². The zero-order valence-electron chi connectivity index (χ0n) is 12.9. The summed E-state index contributed by atoms with van der Waals surface area (Å²) in [7, 11) is -3.69. The molecule has 3 aromatic rings. The fraction of sp³-hybridized carbons (Fsp3) is 0.176. The molecule has 0 radical (unpaired) electrons. The van der Waals surface area contributed by atoms with E-state index >= 15 is 0 Å². The third kappa shape index (κ3) is 3.87. The highest BCUT2D eigenvalue weighted by Crippen LogP contribution is 2.19. The first-order valence-electron chi connectivity index (χ1n) is 7.44. The van der Waals surface area contributed by atoms with Crippen LogP contribution in [0.3, 0.4) is 0 Å². The second-order valence-corrected chi connectivity index (χ2v) is 7.31. The molecule has 3 rings (SSSR count). The Hall–Kier alpha value is -2.51. The van der Waals surface area contributed by atoms with Crippen LogP contribution in [0.5, 0.6) is 0 Å². The highest BCUT2D eigenvalue weighted by molar-refractivity contribution is 7.90. The van der Waals surface area contributed by atoms with Gasteiger partial charge in [-0.2, -0.15) is 0 Å². The molecule has 0 saturated carbocycles. The third-order valence-corrected chi connectivity index (χ3v) is 4.91. The Bertz CT molecular complexity index is 893. The van der Waals surface area contributed by atoms with Crippen LogP contribution >= 0.6 is 0 Å². The van der Waals surface area contributed by atoms with Crippen molar-refractivity contribution in [3.05, 3.63) is 77.7 Å². The molecule has 2 aromatic carbocycles. The van der Waals surface area contributed by atoms with Gasteiger partial charge < -0.3 is 10.2 Å². The average molecular weight is 343 g/mol. The van der Waals surface area contributed by atoms with Crippen molar-refractivity contribution in [3.63, 3.8) is 0 Å². The second-order valence-electron chi connectivity index (χ2n) is 5.45. The molecule has 0 aliphatic heterocycles. The predicted molar refractivity (Wildman–Crippen MR) is 88.7 cm³/mol. The maximum atomic E-state index is 12.4. The maximum Gasteiger partial charge on any atom is 0.335 e. The second kappa shape index (κ2) is 6.94. The summed E-state index contributed by atoms with van der Waals surface area (Å²) >= 11 is 0. The molecule has 0 amide bonds. The van der Waals surface area contributed by atoms with Crippen LogP contribution in [-0.4, -0.2) is 18.6 Å². The number of hydrogen-bond donors (Lipinski definition) is 1. The van der Waals surface area contributed by atoms with E-state index in [-0.39, 0.29) is 11.6 Å². The van der Waals surface area contributed by atoms with Crippen LogP contribution in [0.25, 0.3) is 0 Å². The normalized spacial score (nSPS) is 12.9. The molecule has 7 heteroatoms. The van der Waals surface area contributed by atoms with Crippen LogP contribution in [0, 0.1) is 0 Å². The molecule has 0 saturated heterocycles. The number of hydrogen-bond acceptors (Lipinski definition) is 6. The fourth-order valence-corrected chi connectivity index (χ4v) is 3.44. The molecule has 6 nitrogen and oxygen atoms in total. The van der Waals surface area contributed by atoms with E-state index in [1.165, 1.54) is 0 Å².